The van der Waals surface area contributed by atoms with E-state index in [0.29, 0.717) is 13.2 Å². The van der Waals surface area contributed by atoms with E-state index >= 15 is 0 Å². The van der Waals surface area contributed by atoms with Crippen LogP contribution in [0.3, 0.4) is 0 Å². The number of hydrogen-bond acceptors (Lipinski definition) is 2. The Labute approximate surface area is 66.5 Å². The van der Waals surface area contributed by atoms with Gasteiger partial charge in [0.25, 0.3) is 0 Å². The zero-order valence-electron chi connectivity index (χ0n) is 6.36. The van der Waals surface area contributed by atoms with Crippen LogP contribution in [0.2, 0.25) is 0 Å². The molecule has 0 heterocycles. The van der Waals surface area contributed by atoms with Crippen LogP contribution < -0.4 is 4.74 Å². The smallest absolute Gasteiger partial charge is 0.119 e. The van der Waals surface area contributed by atoms with Gasteiger partial charge in [0.1, 0.15) is 12.4 Å². The molecule has 1 aromatic carbocycles. The van der Waals surface area contributed by atoms with Gasteiger partial charge in [-0.1, -0.05) is 18.2 Å². The van der Waals surface area contributed by atoms with Crippen LogP contribution in [-0.4, -0.2) is 19.9 Å². The fraction of sp³-hybridized carbons (Fsp3) is 0.222. The lowest BCUT2D eigenvalue weighted by Gasteiger charge is -2.01. The number of rotatable bonds is 4. The predicted octanol–water partition coefficient (Wildman–Crippen LogP) is 1.77. The fourth-order valence-electron chi connectivity index (χ4n) is 0.745. The molecule has 0 atom stereocenters. The largest absolute Gasteiger partial charge is 0.492 e. The summed E-state index contributed by atoms with van der Waals surface area (Å²) in [6.45, 7) is 4.61. The van der Waals surface area contributed by atoms with Crippen LogP contribution in [0, 0.1) is 0 Å². The summed E-state index contributed by atoms with van der Waals surface area (Å²) in [6, 6.07) is 9.68. The number of para-hydroxylation sites is 1. The quantitative estimate of drug-likeness (QED) is 0.472. The third-order valence-corrected chi connectivity index (χ3v) is 1.26. The zero-order valence-corrected chi connectivity index (χ0v) is 6.36. The summed E-state index contributed by atoms with van der Waals surface area (Å²) >= 11 is 0. The average molecular weight is 149 g/mol. The molecule has 0 N–H and O–H groups in total. The van der Waals surface area contributed by atoms with Crippen LogP contribution in [0.25, 0.3) is 0 Å². The van der Waals surface area contributed by atoms with Crippen molar-refractivity contribution < 1.29 is 4.74 Å². The normalized spacial score (nSPS) is 9.09. The molecule has 0 aliphatic heterocycles. The predicted molar refractivity (Wildman–Crippen MR) is 46.4 cm³/mol. The van der Waals surface area contributed by atoms with Crippen molar-refractivity contribution in [2.24, 2.45) is 4.99 Å². The molecule has 0 bridgehead atoms. The first-order chi connectivity index (χ1) is 5.43. The monoisotopic (exact) mass is 149 g/mol. The molecule has 0 radical (unpaired) electrons. The van der Waals surface area contributed by atoms with Gasteiger partial charge in [0.15, 0.2) is 0 Å². The zero-order chi connectivity index (χ0) is 7.94. The van der Waals surface area contributed by atoms with Crippen LogP contribution >= 0.6 is 0 Å². The van der Waals surface area contributed by atoms with Crippen molar-refractivity contribution in [1.82, 2.24) is 0 Å². The third-order valence-electron chi connectivity index (χ3n) is 1.26. The Morgan fingerprint density at radius 3 is 2.64 bits per heavy atom. The van der Waals surface area contributed by atoms with E-state index < -0.39 is 0 Å². The highest BCUT2D eigenvalue weighted by molar-refractivity contribution is 5.23. The molecule has 1 rings (SSSR count). The summed E-state index contributed by atoms with van der Waals surface area (Å²) in [5, 5.41) is 0. The minimum absolute atomic E-state index is 0.605. The van der Waals surface area contributed by atoms with Crippen LogP contribution in [0.5, 0.6) is 5.75 Å². The lowest BCUT2D eigenvalue weighted by atomic mass is 10.3. The number of benzene rings is 1. The third kappa shape index (κ3) is 2.85. The number of hydrogen-bond donors (Lipinski definition) is 0. The molecule has 0 saturated heterocycles. The molecule has 1 aromatic rings. The Morgan fingerprint density at radius 1 is 1.27 bits per heavy atom. The van der Waals surface area contributed by atoms with Gasteiger partial charge in [-0.25, -0.2) is 0 Å². The van der Waals surface area contributed by atoms with Crippen LogP contribution in [0.15, 0.2) is 35.3 Å². The molecule has 11 heavy (non-hydrogen) atoms. The van der Waals surface area contributed by atoms with Crippen LogP contribution in [-0.2, 0) is 0 Å². The van der Waals surface area contributed by atoms with Gasteiger partial charge in [-0.15, -0.1) is 0 Å². The highest BCUT2D eigenvalue weighted by Crippen LogP contribution is 2.07. The summed E-state index contributed by atoms with van der Waals surface area (Å²) in [5.74, 6) is 0.885. The van der Waals surface area contributed by atoms with Crippen molar-refractivity contribution in [2.45, 2.75) is 0 Å². The van der Waals surface area contributed by atoms with Gasteiger partial charge in [-0.2, -0.15) is 0 Å². The first kappa shape index (κ1) is 7.79. The van der Waals surface area contributed by atoms with Gasteiger partial charge >= 0.3 is 0 Å². The first-order valence-electron chi connectivity index (χ1n) is 3.54. The Kier molecular flexibility index (Phi) is 3.19. The van der Waals surface area contributed by atoms with Gasteiger partial charge in [0.2, 0.25) is 0 Å². The molecule has 0 aromatic heterocycles. The van der Waals surface area contributed by atoms with E-state index in [4.69, 9.17) is 4.74 Å². The summed E-state index contributed by atoms with van der Waals surface area (Å²) in [6.07, 6.45) is 0. The molecule has 0 unspecified atom stereocenters. The average Bonchev–Trinajstić information content (AvgIpc) is 2.07. The molecular weight excluding hydrogens is 138 g/mol. The minimum Gasteiger partial charge on any atom is -0.492 e. The molecule has 0 saturated carbocycles. The van der Waals surface area contributed by atoms with Crippen molar-refractivity contribution >= 4 is 6.72 Å². The second-order valence-corrected chi connectivity index (χ2v) is 2.11. The maximum atomic E-state index is 5.31. The van der Waals surface area contributed by atoms with Gasteiger partial charge in [0, 0.05) is 0 Å². The van der Waals surface area contributed by atoms with Crippen LogP contribution in [0.1, 0.15) is 0 Å². The second kappa shape index (κ2) is 4.50. The van der Waals surface area contributed by atoms with Crippen molar-refractivity contribution in [3.05, 3.63) is 30.3 Å². The van der Waals surface area contributed by atoms with Gasteiger partial charge in [-0.3, -0.25) is 4.99 Å². The van der Waals surface area contributed by atoms with Crippen molar-refractivity contribution in [2.75, 3.05) is 13.2 Å². The lowest BCUT2D eigenvalue weighted by Crippen LogP contribution is -1.99. The lowest BCUT2D eigenvalue weighted by molar-refractivity contribution is 0.329. The summed E-state index contributed by atoms with van der Waals surface area (Å²) in [4.78, 5) is 3.68. The minimum atomic E-state index is 0.605. The van der Waals surface area contributed by atoms with E-state index in [1.807, 2.05) is 30.3 Å². The highest BCUT2D eigenvalue weighted by atomic mass is 16.5. The van der Waals surface area contributed by atoms with E-state index in [2.05, 4.69) is 11.7 Å². The number of aliphatic imine (C=N–C) groups is 1. The maximum Gasteiger partial charge on any atom is 0.119 e. The first-order valence-corrected chi connectivity index (χ1v) is 3.54. The molecule has 0 amide bonds. The van der Waals surface area contributed by atoms with E-state index in [-0.39, 0.29) is 0 Å². The standard InChI is InChI=1S/C9H11NO/c1-10-7-8-11-9-5-3-2-4-6-9/h2-6H,1,7-8H2. The molecule has 0 aliphatic rings. The summed E-state index contributed by atoms with van der Waals surface area (Å²) < 4.78 is 5.31. The van der Waals surface area contributed by atoms with E-state index in [0.717, 1.165) is 5.75 Å². The molecule has 58 valence electrons. The van der Waals surface area contributed by atoms with Gasteiger partial charge in [-0.05, 0) is 18.9 Å². The SMILES string of the molecule is C=NCCOc1ccccc1. The van der Waals surface area contributed by atoms with Gasteiger partial charge < -0.3 is 4.74 Å². The molecule has 0 spiro atoms. The molecule has 0 fully saturated rings. The van der Waals surface area contributed by atoms with Crippen molar-refractivity contribution in [3.8, 4) is 5.75 Å². The molecule has 2 nitrogen and oxygen atoms in total. The highest BCUT2D eigenvalue weighted by Gasteiger charge is 1.87. The summed E-state index contributed by atoms with van der Waals surface area (Å²) in [7, 11) is 0. The topological polar surface area (TPSA) is 21.6 Å². The van der Waals surface area contributed by atoms with E-state index in [1.165, 1.54) is 0 Å². The van der Waals surface area contributed by atoms with E-state index in [1.54, 1.807) is 0 Å². The molecule has 2 heteroatoms. The number of ether oxygens (including phenoxy) is 1. The molecular formula is C9H11NO. The Balaban J connectivity index is 2.33. The maximum absolute atomic E-state index is 5.31. The fourth-order valence-corrected chi connectivity index (χ4v) is 0.745. The Bertz CT molecular complexity index is 208. The van der Waals surface area contributed by atoms with Crippen molar-refractivity contribution in [3.63, 3.8) is 0 Å². The van der Waals surface area contributed by atoms with Crippen LogP contribution in [0.4, 0.5) is 0 Å². The van der Waals surface area contributed by atoms with Gasteiger partial charge in [0.05, 0.1) is 6.54 Å². The molecule has 0 aliphatic carbocycles. The Hall–Kier alpha value is -1.31. The Morgan fingerprint density at radius 2 is 2.00 bits per heavy atom. The van der Waals surface area contributed by atoms with Crippen molar-refractivity contribution in [1.29, 1.82) is 0 Å². The summed E-state index contributed by atoms with van der Waals surface area (Å²) in [5.41, 5.74) is 0. The second-order valence-electron chi connectivity index (χ2n) is 2.11. The number of nitrogens with zero attached hydrogens (tertiary/aromatic N) is 1. The van der Waals surface area contributed by atoms with E-state index in [9.17, 15) is 0 Å².